The van der Waals surface area contributed by atoms with Gasteiger partial charge in [0.1, 0.15) is 5.69 Å². The number of unbranched alkanes of at least 4 members (excludes halogenated alkanes) is 1. The molecule has 1 aliphatic heterocycles. The SMILES string of the molecule is CCCCn1nc(C(=O)N2CCc3sccc3C2CC)ccc1=O. The van der Waals surface area contributed by atoms with Gasteiger partial charge >= 0.3 is 0 Å². The van der Waals surface area contributed by atoms with E-state index < -0.39 is 0 Å². The standard InChI is InChI=1S/C18H23N3O2S/c1-3-5-10-21-17(22)7-6-14(19-21)18(23)20-11-8-16-13(9-12-24-16)15(20)4-2/h6-7,9,12,15H,3-5,8,10-11H2,1-2H3. The van der Waals surface area contributed by atoms with Gasteiger partial charge in [0.15, 0.2) is 0 Å². The van der Waals surface area contributed by atoms with Crippen LogP contribution < -0.4 is 5.56 Å². The number of aromatic nitrogens is 2. The van der Waals surface area contributed by atoms with E-state index >= 15 is 0 Å². The van der Waals surface area contributed by atoms with Crippen LogP contribution in [0.5, 0.6) is 0 Å². The minimum atomic E-state index is -0.147. The molecule has 128 valence electrons. The Bertz CT molecular complexity index is 781. The molecule has 0 N–H and O–H groups in total. The molecular formula is C18H23N3O2S. The van der Waals surface area contributed by atoms with Crippen molar-refractivity contribution in [1.29, 1.82) is 0 Å². The summed E-state index contributed by atoms with van der Waals surface area (Å²) >= 11 is 1.77. The van der Waals surface area contributed by atoms with Crippen molar-refractivity contribution in [2.24, 2.45) is 0 Å². The lowest BCUT2D eigenvalue weighted by atomic mass is 9.97. The molecule has 3 rings (SSSR count). The third-order valence-corrected chi connectivity index (χ3v) is 5.55. The van der Waals surface area contributed by atoms with E-state index in [2.05, 4.69) is 30.4 Å². The molecule has 0 radical (unpaired) electrons. The van der Waals surface area contributed by atoms with Crippen LogP contribution in [0.3, 0.4) is 0 Å². The van der Waals surface area contributed by atoms with Gasteiger partial charge in [-0.3, -0.25) is 9.59 Å². The van der Waals surface area contributed by atoms with E-state index in [4.69, 9.17) is 0 Å². The van der Waals surface area contributed by atoms with Crippen LogP contribution in [-0.2, 0) is 13.0 Å². The molecule has 0 fully saturated rings. The molecule has 2 aromatic heterocycles. The zero-order chi connectivity index (χ0) is 17.1. The topological polar surface area (TPSA) is 55.2 Å². The molecule has 6 heteroatoms. The van der Waals surface area contributed by atoms with E-state index in [9.17, 15) is 9.59 Å². The molecule has 5 nitrogen and oxygen atoms in total. The van der Waals surface area contributed by atoms with Gasteiger partial charge in [-0.1, -0.05) is 20.3 Å². The summed E-state index contributed by atoms with van der Waals surface area (Å²) in [6.07, 6.45) is 3.64. The quantitative estimate of drug-likeness (QED) is 0.836. The summed E-state index contributed by atoms with van der Waals surface area (Å²) in [6.45, 7) is 5.44. The number of fused-ring (bicyclic) bond motifs is 1. The van der Waals surface area contributed by atoms with E-state index in [0.29, 0.717) is 18.8 Å². The second-order valence-corrected chi connectivity index (χ2v) is 7.11. The number of hydrogen-bond acceptors (Lipinski definition) is 4. The zero-order valence-electron chi connectivity index (χ0n) is 14.2. The molecule has 0 aliphatic carbocycles. The maximum atomic E-state index is 13.0. The molecular weight excluding hydrogens is 322 g/mol. The van der Waals surface area contributed by atoms with E-state index in [1.807, 2.05) is 4.90 Å². The first-order chi connectivity index (χ1) is 11.7. The predicted molar refractivity (Wildman–Crippen MR) is 95.5 cm³/mol. The van der Waals surface area contributed by atoms with Crippen LogP contribution in [0, 0.1) is 0 Å². The number of hydrogen-bond donors (Lipinski definition) is 0. The molecule has 1 atom stereocenters. The van der Waals surface area contributed by atoms with Crippen LogP contribution >= 0.6 is 11.3 Å². The van der Waals surface area contributed by atoms with Gasteiger partial charge in [-0.2, -0.15) is 5.10 Å². The normalized spacial score (nSPS) is 16.9. The fraction of sp³-hybridized carbons (Fsp3) is 0.500. The number of carbonyl (C=O) groups excluding carboxylic acids is 1. The predicted octanol–water partition coefficient (Wildman–Crippen LogP) is 3.25. The second kappa shape index (κ2) is 7.30. The molecule has 0 saturated heterocycles. The number of carbonyl (C=O) groups is 1. The van der Waals surface area contributed by atoms with Gasteiger partial charge in [-0.25, -0.2) is 4.68 Å². The third kappa shape index (κ3) is 3.15. The molecule has 0 bridgehead atoms. The minimum Gasteiger partial charge on any atom is -0.330 e. The number of aryl methyl sites for hydroxylation is 1. The first-order valence-corrected chi connectivity index (χ1v) is 9.49. The molecule has 24 heavy (non-hydrogen) atoms. The van der Waals surface area contributed by atoms with Crippen LogP contribution in [0.25, 0.3) is 0 Å². The summed E-state index contributed by atoms with van der Waals surface area (Å²) in [5.41, 5.74) is 1.48. The highest BCUT2D eigenvalue weighted by atomic mass is 32.1. The van der Waals surface area contributed by atoms with Gasteiger partial charge in [0.2, 0.25) is 0 Å². The first kappa shape index (κ1) is 16.9. The largest absolute Gasteiger partial charge is 0.330 e. The smallest absolute Gasteiger partial charge is 0.274 e. The third-order valence-electron chi connectivity index (χ3n) is 4.55. The monoisotopic (exact) mass is 345 g/mol. The van der Waals surface area contributed by atoms with Crippen LogP contribution in [-0.4, -0.2) is 27.1 Å². The summed E-state index contributed by atoms with van der Waals surface area (Å²) in [4.78, 5) is 28.2. The van der Waals surface area contributed by atoms with E-state index in [-0.39, 0.29) is 17.5 Å². The van der Waals surface area contributed by atoms with Crippen molar-refractivity contribution in [2.45, 2.75) is 52.1 Å². The maximum absolute atomic E-state index is 13.0. The summed E-state index contributed by atoms with van der Waals surface area (Å²) in [6, 6.07) is 5.24. The highest BCUT2D eigenvalue weighted by Crippen LogP contribution is 2.35. The van der Waals surface area contributed by atoms with Crippen molar-refractivity contribution in [1.82, 2.24) is 14.7 Å². The highest BCUT2D eigenvalue weighted by Gasteiger charge is 2.31. The molecule has 3 heterocycles. The van der Waals surface area contributed by atoms with Gasteiger partial charge in [-0.05, 0) is 42.3 Å². The summed E-state index contributed by atoms with van der Waals surface area (Å²) in [5.74, 6) is -0.0797. The number of nitrogens with zero attached hydrogens (tertiary/aromatic N) is 3. The Morgan fingerprint density at radius 3 is 2.92 bits per heavy atom. The van der Waals surface area contributed by atoms with Crippen molar-refractivity contribution >= 4 is 17.2 Å². The van der Waals surface area contributed by atoms with Gasteiger partial charge in [0, 0.05) is 24.0 Å². The van der Waals surface area contributed by atoms with E-state index in [0.717, 1.165) is 25.7 Å². The average Bonchev–Trinajstić information content (AvgIpc) is 3.08. The molecule has 2 aromatic rings. The Kier molecular flexibility index (Phi) is 5.14. The van der Waals surface area contributed by atoms with Gasteiger partial charge < -0.3 is 4.90 Å². The summed E-state index contributed by atoms with van der Waals surface area (Å²) < 4.78 is 1.41. The maximum Gasteiger partial charge on any atom is 0.274 e. The molecule has 1 amide bonds. The highest BCUT2D eigenvalue weighted by molar-refractivity contribution is 7.10. The first-order valence-electron chi connectivity index (χ1n) is 8.61. The van der Waals surface area contributed by atoms with Gasteiger partial charge in [0.25, 0.3) is 11.5 Å². The van der Waals surface area contributed by atoms with Crippen molar-refractivity contribution in [3.63, 3.8) is 0 Å². The van der Waals surface area contributed by atoms with Gasteiger partial charge in [0.05, 0.1) is 6.04 Å². The van der Waals surface area contributed by atoms with Crippen molar-refractivity contribution in [3.05, 3.63) is 50.1 Å². The molecule has 0 spiro atoms. The Balaban J connectivity index is 1.87. The minimum absolute atomic E-state index is 0.0797. The lowest BCUT2D eigenvalue weighted by Gasteiger charge is -2.35. The van der Waals surface area contributed by atoms with Crippen LogP contribution in [0.4, 0.5) is 0 Å². The van der Waals surface area contributed by atoms with E-state index in [1.165, 1.54) is 21.2 Å². The van der Waals surface area contributed by atoms with Crippen molar-refractivity contribution < 1.29 is 4.79 Å². The van der Waals surface area contributed by atoms with Crippen LogP contribution in [0.1, 0.15) is 60.1 Å². The van der Waals surface area contributed by atoms with Gasteiger partial charge in [-0.15, -0.1) is 11.3 Å². The summed E-state index contributed by atoms with van der Waals surface area (Å²) in [5, 5.41) is 6.41. The lowest BCUT2D eigenvalue weighted by molar-refractivity contribution is 0.0648. The second-order valence-electron chi connectivity index (χ2n) is 6.11. The Hall–Kier alpha value is -1.95. The van der Waals surface area contributed by atoms with Crippen molar-refractivity contribution in [3.8, 4) is 0 Å². The van der Waals surface area contributed by atoms with Crippen molar-refractivity contribution in [2.75, 3.05) is 6.54 Å². The number of amides is 1. The average molecular weight is 345 g/mol. The Labute approximate surface area is 145 Å². The summed E-state index contributed by atoms with van der Waals surface area (Å²) in [7, 11) is 0. The van der Waals surface area contributed by atoms with Crippen LogP contribution in [0.15, 0.2) is 28.4 Å². The molecule has 0 saturated carbocycles. The Morgan fingerprint density at radius 1 is 1.33 bits per heavy atom. The van der Waals surface area contributed by atoms with E-state index in [1.54, 1.807) is 17.4 Å². The number of thiophene rings is 1. The Morgan fingerprint density at radius 2 is 2.17 bits per heavy atom. The van der Waals surface area contributed by atoms with Crippen LogP contribution in [0.2, 0.25) is 0 Å². The molecule has 1 aliphatic rings. The molecule has 1 unspecified atom stereocenters. The fourth-order valence-electron chi connectivity index (χ4n) is 3.26. The lowest BCUT2D eigenvalue weighted by Crippen LogP contribution is -2.40. The fourth-order valence-corrected chi connectivity index (χ4v) is 4.19. The number of rotatable bonds is 5. The molecule has 0 aromatic carbocycles. The zero-order valence-corrected chi connectivity index (χ0v) is 15.0.